The molecule has 1 aromatic rings. The molecule has 3 aliphatic rings. The van der Waals surface area contributed by atoms with Gasteiger partial charge >= 0.3 is 0 Å². The Balaban J connectivity index is 1.50. The SMILES string of the molecule is COc1ccc(NC(=O)CN2C(=O)CC3(CCCC3)C2=O)cc1S(=O)(=O)N1CCCCC1. The van der Waals surface area contributed by atoms with Crippen molar-refractivity contribution in [3.8, 4) is 5.75 Å². The molecule has 32 heavy (non-hydrogen) atoms. The first-order valence-electron chi connectivity index (χ1n) is 11.1. The number of imide groups is 1. The minimum atomic E-state index is -3.78. The maximum atomic E-state index is 13.1. The maximum absolute atomic E-state index is 13.1. The number of carbonyl (C=O) groups is 3. The zero-order valence-electron chi connectivity index (χ0n) is 18.3. The highest BCUT2D eigenvalue weighted by Crippen LogP contribution is 2.46. The second kappa shape index (κ2) is 8.82. The molecule has 1 aromatic carbocycles. The third-order valence-corrected chi connectivity index (χ3v) is 8.65. The van der Waals surface area contributed by atoms with Gasteiger partial charge in [-0.05, 0) is 43.9 Å². The van der Waals surface area contributed by atoms with Gasteiger partial charge < -0.3 is 10.1 Å². The summed E-state index contributed by atoms with van der Waals surface area (Å²) in [7, 11) is -2.38. The number of sulfonamides is 1. The zero-order chi connectivity index (χ0) is 22.9. The quantitative estimate of drug-likeness (QED) is 0.647. The standard InChI is InChI=1S/C22H29N3O6S/c1-31-17-8-7-16(13-18(17)32(29,30)24-11-5-2-6-12-24)23-19(26)15-25-20(27)14-22(21(25)28)9-3-4-10-22/h7-8,13H,2-6,9-12,14-15H2,1H3,(H,23,26). The van der Waals surface area contributed by atoms with Gasteiger partial charge in [0.25, 0.3) is 0 Å². The molecule has 174 valence electrons. The van der Waals surface area contributed by atoms with Gasteiger partial charge in [0.05, 0.1) is 12.5 Å². The van der Waals surface area contributed by atoms with E-state index in [-0.39, 0.29) is 41.1 Å². The van der Waals surface area contributed by atoms with Gasteiger partial charge in [-0.25, -0.2) is 8.42 Å². The monoisotopic (exact) mass is 463 g/mol. The molecule has 0 aromatic heterocycles. The van der Waals surface area contributed by atoms with Crippen molar-refractivity contribution in [1.82, 2.24) is 9.21 Å². The van der Waals surface area contributed by atoms with Crippen molar-refractivity contribution in [2.75, 3.05) is 32.1 Å². The highest BCUT2D eigenvalue weighted by atomic mass is 32.2. The summed E-state index contributed by atoms with van der Waals surface area (Å²) in [6.45, 7) is 0.520. The average molecular weight is 464 g/mol. The lowest BCUT2D eigenvalue weighted by Gasteiger charge is -2.26. The number of amides is 3. The Hall–Kier alpha value is -2.46. The van der Waals surface area contributed by atoms with Crippen LogP contribution in [0, 0.1) is 5.41 Å². The first-order chi connectivity index (χ1) is 15.3. The molecule has 0 atom stereocenters. The molecular formula is C22H29N3O6S. The number of likely N-dealkylation sites (tertiary alicyclic amines) is 1. The van der Waals surface area contributed by atoms with E-state index < -0.39 is 21.3 Å². The molecule has 10 heteroatoms. The lowest BCUT2D eigenvalue weighted by atomic mass is 9.84. The Morgan fingerprint density at radius 3 is 2.44 bits per heavy atom. The number of nitrogens with zero attached hydrogens (tertiary/aromatic N) is 2. The first-order valence-corrected chi connectivity index (χ1v) is 12.5. The molecule has 0 bridgehead atoms. The number of methoxy groups -OCH3 is 1. The molecule has 2 saturated heterocycles. The summed E-state index contributed by atoms with van der Waals surface area (Å²) in [5.74, 6) is -0.941. The third-order valence-electron chi connectivity index (χ3n) is 6.73. The van der Waals surface area contributed by atoms with E-state index in [2.05, 4.69) is 5.32 Å². The van der Waals surface area contributed by atoms with E-state index in [0.29, 0.717) is 25.9 Å². The Morgan fingerprint density at radius 1 is 1.09 bits per heavy atom. The maximum Gasteiger partial charge on any atom is 0.246 e. The average Bonchev–Trinajstić information content (AvgIpc) is 3.35. The van der Waals surface area contributed by atoms with Gasteiger partial charge in [0, 0.05) is 25.2 Å². The van der Waals surface area contributed by atoms with Crippen LogP contribution in [0.1, 0.15) is 51.4 Å². The number of nitrogens with one attached hydrogen (secondary N) is 1. The highest BCUT2D eigenvalue weighted by Gasteiger charge is 2.52. The number of piperidine rings is 1. The van der Waals surface area contributed by atoms with Crippen molar-refractivity contribution in [2.45, 2.75) is 56.3 Å². The van der Waals surface area contributed by atoms with E-state index in [1.54, 1.807) is 0 Å². The Labute approximate surface area is 188 Å². The summed E-state index contributed by atoms with van der Waals surface area (Å²) in [4.78, 5) is 38.9. The van der Waals surface area contributed by atoms with E-state index in [0.717, 1.165) is 37.0 Å². The molecule has 0 unspecified atom stereocenters. The van der Waals surface area contributed by atoms with Crippen LogP contribution >= 0.6 is 0 Å². The molecule has 3 fully saturated rings. The number of benzene rings is 1. The normalized spacial score (nSPS) is 21.3. The summed E-state index contributed by atoms with van der Waals surface area (Å²) in [6.07, 6.45) is 5.97. The second-order valence-corrected chi connectivity index (χ2v) is 10.7. The van der Waals surface area contributed by atoms with Gasteiger partial charge in [-0.15, -0.1) is 0 Å². The molecule has 2 aliphatic heterocycles. The van der Waals surface area contributed by atoms with Crippen LogP contribution in [0.2, 0.25) is 0 Å². The molecule has 1 saturated carbocycles. The molecule has 2 heterocycles. The second-order valence-electron chi connectivity index (χ2n) is 8.83. The fraction of sp³-hybridized carbons (Fsp3) is 0.591. The molecule has 0 radical (unpaired) electrons. The number of ether oxygens (including phenoxy) is 1. The number of rotatable bonds is 6. The zero-order valence-corrected chi connectivity index (χ0v) is 19.1. The van der Waals surface area contributed by atoms with Crippen LogP contribution in [0.25, 0.3) is 0 Å². The van der Waals surface area contributed by atoms with Gasteiger partial charge in [-0.1, -0.05) is 19.3 Å². The lowest BCUT2D eigenvalue weighted by molar-refractivity contribution is -0.143. The van der Waals surface area contributed by atoms with Gasteiger partial charge in [0.2, 0.25) is 27.7 Å². The van der Waals surface area contributed by atoms with Crippen molar-refractivity contribution in [1.29, 1.82) is 0 Å². The van der Waals surface area contributed by atoms with Gasteiger partial charge in [0.15, 0.2) is 0 Å². The van der Waals surface area contributed by atoms with E-state index in [1.807, 2.05) is 0 Å². The van der Waals surface area contributed by atoms with Crippen LogP contribution in [0.15, 0.2) is 23.1 Å². The summed E-state index contributed by atoms with van der Waals surface area (Å²) in [5, 5.41) is 2.63. The lowest BCUT2D eigenvalue weighted by Crippen LogP contribution is -2.40. The van der Waals surface area contributed by atoms with Crippen LogP contribution in [0.5, 0.6) is 5.75 Å². The molecular weight excluding hydrogens is 434 g/mol. The topological polar surface area (TPSA) is 113 Å². The van der Waals surface area contributed by atoms with Crippen molar-refractivity contribution < 1.29 is 27.5 Å². The minimum Gasteiger partial charge on any atom is -0.495 e. The van der Waals surface area contributed by atoms with Crippen LogP contribution < -0.4 is 10.1 Å². The first kappa shape index (κ1) is 22.7. The smallest absolute Gasteiger partial charge is 0.246 e. The van der Waals surface area contributed by atoms with Gasteiger partial charge in [0.1, 0.15) is 17.2 Å². The van der Waals surface area contributed by atoms with E-state index >= 15 is 0 Å². The summed E-state index contributed by atoms with van der Waals surface area (Å²) < 4.78 is 33.0. The summed E-state index contributed by atoms with van der Waals surface area (Å²) in [5.41, 5.74) is -0.367. The van der Waals surface area contributed by atoms with Crippen molar-refractivity contribution >= 4 is 33.4 Å². The van der Waals surface area contributed by atoms with Crippen molar-refractivity contribution in [3.05, 3.63) is 18.2 Å². The highest BCUT2D eigenvalue weighted by molar-refractivity contribution is 7.89. The van der Waals surface area contributed by atoms with E-state index in [1.165, 1.54) is 29.6 Å². The Bertz CT molecular complexity index is 1030. The predicted octanol–water partition coefficient (Wildman–Crippen LogP) is 2.13. The number of hydrogen-bond donors (Lipinski definition) is 1. The largest absolute Gasteiger partial charge is 0.495 e. The predicted molar refractivity (Wildman–Crippen MR) is 116 cm³/mol. The van der Waals surface area contributed by atoms with Crippen LogP contribution in [0.4, 0.5) is 5.69 Å². The molecule has 1 spiro atoms. The molecule has 4 rings (SSSR count). The number of hydrogen-bond acceptors (Lipinski definition) is 6. The molecule has 1 aliphatic carbocycles. The number of carbonyl (C=O) groups excluding carboxylic acids is 3. The van der Waals surface area contributed by atoms with Crippen molar-refractivity contribution in [3.63, 3.8) is 0 Å². The number of anilines is 1. The fourth-order valence-electron chi connectivity index (χ4n) is 5.01. The van der Waals surface area contributed by atoms with Crippen LogP contribution in [-0.2, 0) is 24.4 Å². The molecule has 3 amide bonds. The Kier molecular flexibility index (Phi) is 6.26. The molecule has 9 nitrogen and oxygen atoms in total. The minimum absolute atomic E-state index is 0.0158. The van der Waals surface area contributed by atoms with E-state index in [9.17, 15) is 22.8 Å². The molecule has 1 N–H and O–H groups in total. The summed E-state index contributed by atoms with van der Waals surface area (Å²) in [6, 6.07) is 4.40. The van der Waals surface area contributed by atoms with Crippen LogP contribution in [-0.4, -0.2) is 62.1 Å². The van der Waals surface area contributed by atoms with Crippen molar-refractivity contribution in [2.24, 2.45) is 5.41 Å². The van der Waals surface area contributed by atoms with Gasteiger partial charge in [-0.2, -0.15) is 4.31 Å². The fourth-order valence-corrected chi connectivity index (χ4v) is 6.71. The van der Waals surface area contributed by atoms with Gasteiger partial charge in [-0.3, -0.25) is 19.3 Å². The third kappa shape index (κ3) is 4.13. The van der Waals surface area contributed by atoms with Crippen LogP contribution in [0.3, 0.4) is 0 Å². The summed E-state index contributed by atoms with van der Waals surface area (Å²) >= 11 is 0. The Morgan fingerprint density at radius 2 is 1.78 bits per heavy atom. The van der Waals surface area contributed by atoms with E-state index in [4.69, 9.17) is 4.74 Å².